The lowest BCUT2D eigenvalue weighted by Gasteiger charge is -2.02. The average molecular weight is 204 g/mol. The number of rotatable bonds is 4. The molecule has 0 rings (SSSR count). The Kier molecular flexibility index (Phi) is 6.14. The third-order valence-electron chi connectivity index (χ3n) is 1.10. The van der Waals surface area contributed by atoms with Crippen LogP contribution in [0.15, 0.2) is 16.5 Å². The van der Waals surface area contributed by atoms with E-state index in [0.29, 0.717) is 10.6 Å². The molecule has 0 radical (unpaired) electrons. The smallest absolute Gasteiger partial charge is 0.161 e. The first-order chi connectivity index (χ1) is 5.63. The first-order valence-corrected chi connectivity index (χ1v) is 5.22. The molecule has 0 aromatic heterocycles. The van der Waals surface area contributed by atoms with Crippen LogP contribution in [-0.4, -0.2) is 16.6 Å². The van der Waals surface area contributed by atoms with Crippen LogP contribution >= 0.6 is 23.9 Å². The molecule has 0 heterocycles. The van der Waals surface area contributed by atoms with Crippen molar-refractivity contribution in [3.05, 3.63) is 12.2 Å². The van der Waals surface area contributed by atoms with Crippen LogP contribution in [0.5, 0.6) is 0 Å². The lowest BCUT2D eigenvalue weighted by Crippen LogP contribution is -2.05. The monoisotopic (exact) mass is 204 g/mol. The molecule has 2 N–H and O–H groups in total. The number of thioether (sulfide) groups is 1. The van der Waals surface area contributed by atoms with Gasteiger partial charge in [0.2, 0.25) is 0 Å². The van der Waals surface area contributed by atoms with Crippen molar-refractivity contribution in [3.63, 3.8) is 0 Å². The molecule has 68 valence electrons. The first-order valence-electron chi connectivity index (χ1n) is 3.40. The molecule has 0 saturated heterocycles. The minimum absolute atomic E-state index is 0.0660. The lowest BCUT2D eigenvalue weighted by molar-refractivity contribution is -0.113. The molecule has 0 aromatic rings. The molecule has 0 saturated carbocycles. The number of nitrogens with two attached hydrogens (primary N) is 1. The highest BCUT2D eigenvalue weighted by molar-refractivity contribution is 8.15. The fourth-order valence-electron chi connectivity index (χ4n) is 0.504. The highest BCUT2D eigenvalue weighted by Gasteiger charge is 2.08. The van der Waals surface area contributed by atoms with Crippen molar-refractivity contribution in [1.29, 1.82) is 0 Å². The van der Waals surface area contributed by atoms with Gasteiger partial charge in [-0.2, -0.15) is 4.40 Å². The van der Waals surface area contributed by atoms with E-state index in [0.717, 1.165) is 17.9 Å². The van der Waals surface area contributed by atoms with Crippen LogP contribution in [0.1, 0.15) is 13.8 Å². The Labute approximate surface area is 81.2 Å². The summed E-state index contributed by atoms with van der Waals surface area (Å²) in [5, 5.41) is 5.78. The Morgan fingerprint density at radius 2 is 2.25 bits per heavy atom. The van der Waals surface area contributed by atoms with Crippen LogP contribution in [0.4, 0.5) is 0 Å². The van der Waals surface area contributed by atoms with E-state index in [1.165, 1.54) is 18.7 Å². The summed E-state index contributed by atoms with van der Waals surface area (Å²) in [7, 11) is 0. The van der Waals surface area contributed by atoms with Gasteiger partial charge in [-0.1, -0.05) is 13.5 Å². The van der Waals surface area contributed by atoms with Crippen LogP contribution in [0.25, 0.3) is 0 Å². The minimum atomic E-state index is -0.0660. The molecular formula is C7H12N2OS2. The summed E-state index contributed by atoms with van der Waals surface area (Å²) >= 11 is 2.32. The number of ketones is 1. The van der Waals surface area contributed by atoms with Crippen molar-refractivity contribution in [2.45, 2.75) is 13.8 Å². The lowest BCUT2D eigenvalue weighted by atomic mass is 10.2. The standard InChI is InChI=1S/C7H12N2OS2/c1-4-11-7(9-12-8)5(2)6(3)10/h2,4,8H2,1,3H3. The highest BCUT2D eigenvalue weighted by Crippen LogP contribution is 2.14. The fourth-order valence-corrected chi connectivity index (χ4v) is 1.64. The SMILES string of the molecule is C=C(C(C)=O)C(=NSN)SCC. The molecule has 3 nitrogen and oxygen atoms in total. The van der Waals surface area contributed by atoms with Crippen molar-refractivity contribution >= 4 is 34.7 Å². The van der Waals surface area contributed by atoms with Crippen LogP contribution in [-0.2, 0) is 4.79 Å². The maximum Gasteiger partial charge on any atom is 0.161 e. The maximum absolute atomic E-state index is 10.9. The molecule has 0 amide bonds. The van der Waals surface area contributed by atoms with Gasteiger partial charge in [0.25, 0.3) is 0 Å². The van der Waals surface area contributed by atoms with Crippen LogP contribution in [0.3, 0.4) is 0 Å². The zero-order valence-electron chi connectivity index (χ0n) is 7.16. The third kappa shape index (κ3) is 3.94. The van der Waals surface area contributed by atoms with Crippen molar-refractivity contribution in [2.24, 2.45) is 9.54 Å². The molecule has 0 atom stereocenters. The van der Waals surface area contributed by atoms with Crippen molar-refractivity contribution in [3.8, 4) is 0 Å². The number of carbonyl (C=O) groups is 1. The second-order valence-electron chi connectivity index (χ2n) is 1.97. The van der Waals surface area contributed by atoms with E-state index in [9.17, 15) is 4.79 Å². The quantitative estimate of drug-likeness (QED) is 0.328. The maximum atomic E-state index is 10.9. The summed E-state index contributed by atoms with van der Waals surface area (Å²) in [6, 6.07) is 0. The Bertz CT molecular complexity index is 213. The van der Waals surface area contributed by atoms with Crippen LogP contribution in [0, 0.1) is 0 Å². The van der Waals surface area contributed by atoms with E-state index >= 15 is 0 Å². The molecule has 0 aromatic carbocycles. The van der Waals surface area contributed by atoms with Crippen molar-refractivity contribution in [1.82, 2.24) is 0 Å². The van der Waals surface area contributed by atoms with Gasteiger partial charge in [-0.3, -0.25) is 9.93 Å². The minimum Gasteiger partial charge on any atom is -0.294 e. The summed E-state index contributed by atoms with van der Waals surface area (Å²) in [5.74, 6) is 0.787. The van der Waals surface area contributed by atoms with E-state index in [2.05, 4.69) is 11.0 Å². The molecule has 0 unspecified atom stereocenters. The van der Waals surface area contributed by atoms with Gasteiger partial charge in [0, 0.05) is 5.57 Å². The number of hydrogen-bond donors (Lipinski definition) is 1. The average Bonchev–Trinajstić information content (AvgIpc) is 2.03. The molecule has 0 bridgehead atoms. The molecule has 0 aliphatic heterocycles. The Hall–Kier alpha value is -0.260. The second kappa shape index (κ2) is 6.28. The van der Waals surface area contributed by atoms with Gasteiger partial charge < -0.3 is 0 Å². The van der Waals surface area contributed by atoms with Gasteiger partial charge in [0.1, 0.15) is 5.04 Å². The van der Waals surface area contributed by atoms with E-state index in [-0.39, 0.29) is 5.78 Å². The highest BCUT2D eigenvalue weighted by atomic mass is 32.2. The predicted octanol–water partition coefficient (Wildman–Crippen LogP) is 1.81. The Balaban J connectivity index is 4.40. The molecule has 0 aliphatic carbocycles. The summed E-state index contributed by atoms with van der Waals surface area (Å²) in [6.45, 7) is 7.07. The first kappa shape index (κ1) is 11.7. The van der Waals surface area contributed by atoms with Gasteiger partial charge in [-0.25, -0.2) is 0 Å². The van der Waals surface area contributed by atoms with Gasteiger partial charge in [-0.15, -0.1) is 11.8 Å². The van der Waals surface area contributed by atoms with Gasteiger partial charge in [-0.05, 0) is 12.7 Å². The predicted molar refractivity (Wildman–Crippen MR) is 57.2 cm³/mol. The summed E-state index contributed by atoms with van der Waals surface area (Å²) < 4.78 is 3.89. The van der Waals surface area contributed by atoms with Crippen molar-refractivity contribution < 1.29 is 4.79 Å². The molecular weight excluding hydrogens is 192 g/mol. The summed E-state index contributed by atoms with van der Waals surface area (Å²) in [5.41, 5.74) is 0.430. The van der Waals surface area contributed by atoms with Gasteiger partial charge in [0.15, 0.2) is 5.78 Å². The number of nitrogens with zero attached hydrogens (tertiary/aromatic N) is 1. The van der Waals surface area contributed by atoms with E-state index in [1.807, 2.05) is 6.92 Å². The van der Waals surface area contributed by atoms with Gasteiger partial charge >= 0.3 is 0 Å². The zero-order valence-corrected chi connectivity index (χ0v) is 8.80. The third-order valence-corrected chi connectivity index (χ3v) is 2.40. The molecule has 0 aliphatic rings. The topological polar surface area (TPSA) is 55.5 Å². The largest absolute Gasteiger partial charge is 0.294 e. The second-order valence-corrected chi connectivity index (χ2v) is 3.62. The molecule has 0 fully saturated rings. The number of carbonyl (C=O) groups excluding carboxylic acids is 1. The van der Waals surface area contributed by atoms with Crippen LogP contribution < -0.4 is 5.14 Å². The molecule has 5 heteroatoms. The number of Topliss-reactive ketones (excluding diaryl/α,β-unsaturated/α-hetero) is 1. The van der Waals surface area contributed by atoms with E-state index in [4.69, 9.17) is 5.14 Å². The Morgan fingerprint density at radius 3 is 2.58 bits per heavy atom. The zero-order chi connectivity index (χ0) is 9.56. The van der Waals surface area contributed by atoms with E-state index < -0.39 is 0 Å². The summed E-state index contributed by atoms with van der Waals surface area (Å²) in [4.78, 5) is 10.9. The van der Waals surface area contributed by atoms with Crippen molar-refractivity contribution in [2.75, 3.05) is 5.75 Å². The van der Waals surface area contributed by atoms with E-state index in [1.54, 1.807) is 0 Å². The molecule has 0 spiro atoms. The Morgan fingerprint density at radius 1 is 1.67 bits per heavy atom. The van der Waals surface area contributed by atoms with Crippen LogP contribution in [0.2, 0.25) is 0 Å². The normalized spacial score (nSPS) is 11.4. The fraction of sp³-hybridized carbons (Fsp3) is 0.429. The number of hydrogen-bond acceptors (Lipinski definition) is 5. The molecule has 12 heavy (non-hydrogen) atoms. The van der Waals surface area contributed by atoms with Gasteiger partial charge in [0.05, 0.1) is 12.1 Å². The summed E-state index contributed by atoms with van der Waals surface area (Å²) in [6.07, 6.45) is 0.